The van der Waals surface area contributed by atoms with Crippen LogP contribution in [-0.4, -0.2) is 17.3 Å². The highest BCUT2D eigenvalue weighted by Crippen LogP contribution is 2.04. The van der Waals surface area contributed by atoms with Gasteiger partial charge < -0.3 is 0 Å². The molecule has 0 aliphatic heterocycles. The minimum Gasteiger partial charge on any atom is -0.291 e. The van der Waals surface area contributed by atoms with Gasteiger partial charge in [0.25, 0.3) is 0 Å². The number of nitro groups is 1. The largest absolute Gasteiger partial charge is 0.291 e. The van der Waals surface area contributed by atoms with Crippen LogP contribution in [0, 0.1) is 10.1 Å². The summed E-state index contributed by atoms with van der Waals surface area (Å²) in [7, 11) is 0. The average Bonchev–Trinajstić information content (AvgIpc) is 2.63. The SMILES string of the molecule is CCCCC/C=C/C(/C=C/C/C=C/C/C=C/CCCCC[C]=O)[N+](=O)[O-]. The average molecular weight is 361 g/mol. The monoisotopic (exact) mass is 360 g/mol. The maximum absolute atomic E-state index is 11.0. The molecule has 0 saturated heterocycles. The molecule has 145 valence electrons. The first kappa shape index (κ1) is 24.0. The lowest BCUT2D eigenvalue weighted by Crippen LogP contribution is -2.13. The second-order valence-corrected chi connectivity index (χ2v) is 6.29. The zero-order valence-electron chi connectivity index (χ0n) is 16.1. The van der Waals surface area contributed by atoms with Crippen LogP contribution in [0.15, 0.2) is 48.6 Å². The van der Waals surface area contributed by atoms with Gasteiger partial charge >= 0.3 is 0 Å². The third-order valence-corrected chi connectivity index (χ3v) is 3.91. The van der Waals surface area contributed by atoms with E-state index >= 15 is 0 Å². The molecule has 0 aliphatic rings. The Hall–Kier alpha value is -1.97. The summed E-state index contributed by atoms with van der Waals surface area (Å²) in [6.45, 7) is 2.15. The quantitative estimate of drug-likeness (QED) is 0.133. The highest BCUT2D eigenvalue weighted by molar-refractivity contribution is 5.50. The molecule has 4 nitrogen and oxygen atoms in total. The molecule has 0 aromatic carbocycles. The standard InChI is InChI=1S/C22H34NO3/c1-2-3-4-13-16-19-22(23(25)26)20-17-14-11-9-7-5-6-8-10-12-15-18-21-24/h5-6,9,11,16-17,19-20,22H,2-4,7-8,10,12-15,18H2,1H3/b6-5+,11-9+,19-16+,20-17+. The van der Waals surface area contributed by atoms with Crippen molar-refractivity contribution >= 4 is 6.29 Å². The molecule has 0 aromatic rings. The molecule has 0 bridgehead atoms. The molecule has 1 unspecified atom stereocenters. The number of unbranched alkanes of at least 4 members (excludes halogenated alkanes) is 7. The predicted molar refractivity (Wildman–Crippen MR) is 109 cm³/mol. The molecule has 4 heteroatoms. The fourth-order valence-electron chi connectivity index (χ4n) is 2.37. The number of nitrogens with zero attached hydrogens (tertiary/aromatic N) is 1. The van der Waals surface area contributed by atoms with Gasteiger partial charge in [0.15, 0.2) is 6.29 Å². The first-order valence-electron chi connectivity index (χ1n) is 9.84. The van der Waals surface area contributed by atoms with Gasteiger partial charge in [0.1, 0.15) is 0 Å². The van der Waals surface area contributed by atoms with Crippen molar-refractivity contribution in [2.24, 2.45) is 0 Å². The Morgan fingerprint density at radius 3 is 2.15 bits per heavy atom. The van der Waals surface area contributed by atoms with Gasteiger partial charge in [-0.1, -0.05) is 62.6 Å². The van der Waals surface area contributed by atoms with E-state index in [0.29, 0.717) is 12.8 Å². The van der Waals surface area contributed by atoms with E-state index in [1.807, 2.05) is 24.5 Å². The van der Waals surface area contributed by atoms with E-state index in [1.54, 1.807) is 12.2 Å². The fraction of sp³-hybridized carbons (Fsp3) is 0.591. The van der Waals surface area contributed by atoms with Crippen molar-refractivity contribution in [2.75, 3.05) is 0 Å². The molecular formula is C22H34NO3. The first-order chi connectivity index (χ1) is 12.7. The summed E-state index contributed by atoms with van der Waals surface area (Å²) in [5.74, 6) is 0. The number of allylic oxidation sites excluding steroid dienone is 6. The zero-order chi connectivity index (χ0) is 19.3. The predicted octanol–water partition coefficient (Wildman–Crippen LogP) is 6.28. The Bertz CT molecular complexity index is 464. The van der Waals surface area contributed by atoms with Crippen LogP contribution in [0.5, 0.6) is 0 Å². The van der Waals surface area contributed by atoms with Gasteiger partial charge in [-0.3, -0.25) is 14.9 Å². The first-order valence-corrected chi connectivity index (χ1v) is 9.84. The lowest BCUT2D eigenvalue weighted by molar-refractivity contribution is -0.496. The number of hydrogen-bond donors (Lipinski definition) is 0. The fourth-order valence-corrected chi connectivity index (χ4v) is 2.37. The molecule has 26 heavy (non-hydrogen) atoms. The normalized spacial score (nSPS) is 13.4. The van der Waals surface area contributed by atoms with Gasteiger partial charge in [0.05, 0.1) is 0 Å². The summed E-state index contributed by atoms with van der Waals surface area (Å²) >= 11 is 0. The second-order valence-electron chi connectivity index (χ2n) is 6.29. The lowest BCUT2D eigenvalue weighted by Gasteiger charge is -1.98. The summed E-state index contributed by atoms with van der Waals surface area (Å²) in [5, 5.41) is 11.0. The Morgan fingerprint density at radius 1 is 0.846 bits per heavy atom. The van der Waals surface area contributed by atoms with Crippen LogP contribution in [0.25, 0.3) is 0 Å². The minimum atomic E-state index is -0.721. The van der Waals surface area contributed by atoms with Crippen LogP contribution in [0.2, 0.25) is 0 Å². The summed E-state index contributed by atoms with van der Waals surface area (Å²) in [5.41, 5.74) is 0. The zero-order valence-corrected chi connectivity index (χ0v) is 16.1. The van der Waals surface area contributed by atoms with E-state index < -0.39 is 6.04 Å². The second kappa shape index (κ2) is 19.4. The van der Waals surface area contributed by atoms with Crippen molar-refractivity contribution in [1.29, 1.82) is 0 Å². The van der Waals surface area contributed by atoms with Crippen molar-refractivity contribution in [1.82, 2.24) is 0 Å². The maximum atomic E-state index is 11.0. The molecule has 0 aliphatic carbocycles. The van der Waals surface area contributed by atoms with E-state index in [1.165, 1.54) is 6.42 Å². The van der Waals surface area contributed by atoms with Crippen molar-refractivity contribution in [3.05, 3.63) is 58.7 Å². The van der Waals surface area contributed by atoms with Gasteiger partial charge in [0, 0.05) is 11.3 Å². The number of rotatable bonds is 17. The molecule has 0 amide bonds. The molecule has 0 rings (SSSR count). The maximum Gasteiger partial charge on any atom is 0.249 e. The van der Waals surface area contributed by atoms with Crippen LogP contribution >= 0.6 is 0 Å². The highest BCUT2D eigenvalue weighted by Gasteiger charge is 2.09. The summed E-state index contributed by atoms with van der Waals surface area (Å²) in [4.78, 5) is 20.8. The van der Waals surface area contributed by atoms with Gasteiger partial charge in [-0.05, 0) is 57.1 Å². The van der Waals surface area contributed by atoms with Crippen molar-refractivity contribution in [3.63, 3.8) is 0 Å². The van der Waals surface area contributed by atoms with Gasteiger partial charge in [-0.25, -0.2) is 0 Å². The molecule has 1 radical (unpaired) electrons. The third kappa shape index (κ3) is 16.9. The summed E-state index contributed by atoms with van der Waals surface area (Å²) in [6.07, 6.45) is 28.1. The summed E-state index contributed by atoms with van der Waals surface area (Å²) in [6, 6.07) is -0.721. The van der Waals surface area contributed by atoms with E-state index in [9.17, 15) is 14.9 Å². The van der Waals surface area contributed by atoms with Gasteiger partial charge in [0.2, 0.25) is 6.04 Å². The van der Waals surface area contributed by atoms with E-state index in [4.69, 9.17) is 0 Å². The van der Waals surface area contributed by atoms with Crippen molar-refractivity contribution < 1.29 is 9.72 Å². The molecule has 0 fully saturated rings. The molecule has 0 N–H and O–H groups in total. The van der Waals surface area contributed by atoms with Crippen LogP contribution < -0.4 is 0 Å². The van der Waals surface area contributed by atoms with Crippen LogP contribution in [0.4, 0.5) is 0 Å². The minimum absolute atomic E-state index is 0.258. The molecule has 1 atom stereocenters. The number of carbonyl (C=O) groups excluding carboxylic acids is 1. The van der Waals surface area contributed by atoms with E-state index in [-0.39, 0.29) is 4.92 Å². The smallest absolute Gasteiger partial charge is 0.249 e. The summed E-state index contributed by atoms with van der Waals surface area (Å²) < 4.78 is 0. The molecule has 0 spiro atoms. The Kier molecular flexibility index (Phi) is 17.9. The van der Waals surface area contributed by atoms with E-state index in [0.717, 1.165) is 51.4 Å². The van der Waals surface area contributed by atoms with Crippen LogP contribution in [-0.2, 0) is 4.79 Å². The van der Waals surface area contributed by atoms with Gasteiger partial charge in [-0.2, -0.15) is 0 Å². The number of hydrogen-bond acceptors (Lipinski definition) is 3. The Morgan fingerprint density at radius 2 is 1.46 bits per heavy atom. The Balaban J connectivity index is 3.86. The third-order valence-electron chi connectivity index (χ3n) is 3.91. The van der Waals surface area contributed by atoms with Crippen molar-refractivity contribution in [2.45, 2.75) is 83.6 Å². The van der Waals surface area contributed by atoms with Crippen LogP contribution in [0.1, 0.15) is 77.6 Å². The molecule has 0 aromatic heterocycles. The van der Waals surface area contributed by atoms with Gasteiger partial charge in [-0.15, -0.1) is 0 Å². The highest BCUT2D eigenvalue weighted by atomic mass is 16.6. The lowest BCUT2D eigenvalue weighted by atomic mass is 10.1. The topological polar surface area (TPSA) is 60.2 Å². The molecular weight excluding hydrogens is 326 g/mol. The van der Waals surface area contributed by atoms with Crippen molar-refractivity contribution in [3.8, 4) is 0 Å². The van der Waals surface area contributed by atoms with E-state index in [2.05, 4.69) is 25.2 Å². The Labute approximate surface area is 158 Å². The molecule has 0 heterocycles. The molecule has 0 saturated carbocycles. The van der Waals surface area contributed by atoms with Crippen LogP contribution in [0.3, 0.4) is 0 Å².